The Kier molecular flexibility index (Phi) is 41.4. The van der Waals surface area contributed by atoms with Crippen LogP contribution in [0.4, 0.5) is 0 Å². The Bertz CT molecular complexity index is 1730. The van der Waals surface area contributed by atoms with Crippen molar-refractivity contribution >= 4 is 11.9 Å². The molecule has 2 fully saturated rings. The largest absolute Gasteiger partial charge is 0.462 e. The van der Waals surface area contributed by atoms with E-state index < -0.39 is 99.3 Å². The van der Waals surface area contributed by atoms with Crippen molar-refractivity contribution in [2.75, 3.05) is 26.4 Å². The van der Waals surface area contributed by atoms with E-state index in [2.05, 4.69) is 111 Å². The summed E-state index contributed by atoms with van der Waals surface area (Å²) in [6, 6.07) is 0. The van der Waals surface area contributed by atoms with Gasteiger partial charge in [-0.2, -0.15) is 0 Å². The van der Waals surface area contributed by atoms with Crippen LogP contribution in [0.5, 0.6) is 0 Å². The molecule has 0 saturated carbocycles. The third kappa shape index (κ3) is 32.8. The molecule has 2 aliphatic heterocycles. The lowest BCUT2D eigenvalue weighted by Crippen LogP contribution is -2.61. The molecule has 2 aliphatic rings. The highest BCUT2D eigenvalue weighted by molar-refractivity contribution is 5.70. The predicted octanol–water partition coefficient (Wildman–Crippen LogP) is 9.49. The summed E-state index contributed by atoms with van der Waals surface area (Å²) >= 11 is 0. The quantitative estimate of drug-likeness (QED) is 0.0171. The zero-order valence-corrected chi connectivity index (χ0v) is 45.9. The zero-order valence-electron chi connectivity index (χ0n) is 45.9. The van der Waals surface area contributed by atoms with E-state index in [0.717, 1.165) is 77.0 Å². The number of allylic oxidation sites excluding steroid dienone is 18. The lowest BCUT2D eigenvalue weighted by atomic mass is 9.98. The van der Waals surface area contributed by atoms with Gasteiger partial charge in [0.15, 0.2) is 18.7 Å². The Morgan fingerprint density at radius 1 is 0.434 bits per heavy atom. The summed E-state index contributed by atoms with van der Waals surface area (Å²) in [4.78, 5) is 25.8. The highest BCUT2D eigenvalue weighted by atomic mass is 16.7. The first-order chi connectivity index (χ1) is 37.0. The number of hydrogen-bond donors (Lipinski definition) is 7. The van der Waals surface area contributed by atoms with Gasteiger partial charge >= 0.3 is 11.9 Å². The van der Waals surface area contributed by atoms with Crippen molar-refractivity contribution < 1.29 is 73.8 Å². The first-order valence-electron chi connectivity index (χ1n) is 28.5. The van der Waals surface area contributed by atoms with E-state index in [-0.39, 0.29) is 19.4 Å². The van der Waals surface area contributed by atoms with Crippen LogP contribution in [0, 0.1) is 0 Å². The fourth-order valence-corrected chi connectivity index (χ4v) is 8.12. The van der Waals surface area contributed by atoms with E-state index in [1.165, 1.54) is 44.9 Å². The highest BCUT2D eigenvalue weighted by Crippen LogP contribution is 2.26. The van der Waals surface area contributed by atoms with Crippen LogP contribution in [0.1, 0.15) is 168 Å². The van der Waals surface area contributed by atoms with Crippen molar-refractivity contribution in [1.82, 2.24) is 0 Å². The molecule has 0 spiro atoms. The number of carbonyl (C=O) groups is 2. The Balaban J connectivity index is 1.82. The van der Waals surface area contributed by atoms with Gasteiger partial charge in [0.2, 0.25) is 0 Å². The van der Waals surface area contributed by atoms with Gasteiger partial charge in [0.05, 0.1) is 19.8 Å². The molecule has 0 aromatic carbocycles. The Hall–Kier alpha value is -3.84. The van der Waals surface area contributed by atoms with Gasteiger partial charge < -0.3 is 64.2 Å². The van der Waals surface area contributed by atoms with Crippen molar-refractivity contribution in [3.8, 4) is 0 Å². The van der Waals surface area contributed by atoms with Crippen LogP contribution in [0.25, 0.3) is 0 Å². The monoisotopic (exact) mass is 1070 g/mol. The fourth-order valence-electron chi connectivity index (χ4n) is 8.12. The number of hydrogen-bond acceptors (Lipinski definition) is 15. The fraction of sp³-hybridized carbons (Fsp3) is 0.672. The van der Waals surface area contributed by atoms with Crippen LogP contribution in [-0.4, -0.2) is 142 Å². The third-order valence-corrected chi connectivity index (χ3v) is 12.7. The number of ether oxygens (including phenoxy) is 6. The third-order valence-electron chi connectivity index (χ3n) is 12.7. The molecule has 0 aliphatic carbocycles. The molecule has 0 aromatic rings. The smallest absolute Gasteiger partial charge is 0.306 e. The van der Waals surface area contributed by atoms with E-state index in [9.17, 15) is 45.3 Å². The molecule has 11 atom stereocenters. The Morgan fingerprint density at radius 3 is 1.34 bits per heavy atom. The van der Waals surface area contributed by atoms with Crippen molar-refractivity contribution in [3.05, 3.63) is 109 Å². The van der Waals surface area contributed by atoms with Gasteiger partial charge in [0, 0.05) is 12.8 Å². The lowest BCUT2D eigenvalue weighted by molar-refractivity contribution is -0.332. The molecule has 0 radical (unpaired) electrons. The molecule has 2 heterocycles. The number of rotatable bonds is 43. The van der Waals surface area contributed by atoms with Crippen LogP contribution < -0.4 is 0 Å². The van der Waals surface area contributed by atoms with Crippen molar-refractivity contribution in [2.24, 2.45) is 0 Å². The molecule has 432 valence electrons. The van der Waals surface area contributed by atoms with Crippen molar-refractivity contribution in [1.29, 1.82) is 0 Å². The molecular weight excluding hydrogens is 973 g/mol. The van der Waals surface area contributed by atoms with E-state index in [1.54, 1.807) is 0 Å². The van der Waals surface area contributed by atoms with Crippen molar-refractivity contribution in [3.63, 3.8) is 0 Å². The molecule has 15 heteroatoms. The van der Waals surface area contributed by atoms with E-state index >= 15 is 0 Å². The summed E-state index contributed by atoms with van der Waals surface area (Å²) in [5.74, 6) is -1.04. The summed E-state index contributed by atoms with van der Waals surface area (Å²) in [5.41, 5.74) is 0. The summed E-state index contributed by atoms with van der Waals surface area (Å²) in [6.07, 6.45) is 44.0. The predicted molar refractivity (Wildman–Crippen MR) is 298 cm³/mol. The molecule has 15 nitrogen and oxygen atoms in total. The maximum atomic E-state index is 13.0. The van der Waals surface area contributed by atoms with Gasteiger partial charge in [-0.15, -0.1) is 0 Å². The number of aliphatic hydroxyl groups excluding tert-OH is 7. The number of aliphatic hydroxyl groups is 7. The van der Waals surface area contributed by atoms with Gasteiger partial charge in [-0.1, -0.05) is 168 Å². The average Bonchev–Trinajstić information content (AvgIpc) is 3.42. The zero-order chi connectivity index (χ0) is 55.3. The Morgan fingerprint density at radius 2 is 0.842 bits per heavy atom. The van der Waals surface area contributed by atoms with Gasteiger partial charge in [-0.25, -0.2) is 0 Å². The molecule has 0 bridgehead atoms. The van der Waals surface area contributed by atoms with E-state index in [4.69, 9.17) is 28.4 Å². The average molecular weight is 1070 g/mol. The van der Waals surface area contributed by atoms with Crippen LogP contribution >= 0.6 is 0 Å². The molecule has 0 amide bonds. The summed E-state index contributed by atoms with van der Waals surface area (Å²) in [5, 5.41) is 72.3. The minimum absolute atomic E-state index is 0.0750. The van der Waals surface area contributed by atoms with Gasteiger partial charge in [0.25, 0.3) is 0 Å². The summed E-state index contributed by atoms with van der Waals surface area (Å²) < 4.78 is 33.6. The molecule has 7 N–H and O–H groups in total. The van der Waals surface area contributed by atoms with Crippen LogP contribution in [0.3, 0.4) is 0 Å². The molecular formula is C61H98O15. The van der Waals surface area contributed by atoms with E-state index in [0.29, 0.717) is 19.3 Å². The second kappa shape index (κ2) is 46.1. The lowest BCUT2D eigenvalue weighted by Gasteiger charge is -2.42. The molecule has 2 rings (SSSR count). The molecule has 4 unspecified atom stereocenters. The molecule has 76 heavy (non-hydrogen) atoms. The van der Waals surface area contributed by atoms with Crippen LogP contribution in [-0.2, 0) is 38.0 Å². The van der Waals surface area contributed by atoms with Crippen LogP contribution in [0.2, 0.25) is 0 Å². The van der Waals surface area contributed by atoms with Crippen molar-refractivity contribution in [2.45, 2.75) is 235 Å². The van der Waals surface area contributed by atoms with Gasteiger partial charge in [-0.05, 0) is 96.3 Å². The maximum Gasteiger partial charge on any atom is 0.306 e. The number of carbonyl (C=O) groups excluding carboxylic acids is 2. The minimum atomic E-state index is -1.79. The molecule has 2 saturated heterocycles. The Labute approximate surface area is 455 Å². The second-order valence-corrected chi connectivity index (χ2v) is 19.4. The van der Waals surface area contributed by atoms with E-state index in [1.807, 2.05) is 12.2 Å². The second-order valence-electron chi connectivity index (χ2n) is 19.4. The SMILES string of the molecule is CC/C=C/C/C=C/C/C=C/C/C=C/C/C=C/CCCCCC(=O)OC[C@H](CO[C@H]1O[C@@H](CO[C@H]2O[C@@H](CO)[C@@H](O)C(O)C2O)[C@@H](O)C(O)C1O)OC(=O)CCC/C=C/C/C=C/C/C=C/C/C=C/CCCCCCCCC. The topological polar surface area (TPSA) is 231 Å². The summed E-state index contributed by atoms with van der Waals surface area (Å²) in [7, 11) is 0. The normalized spacial score (nSPS) is 25.2. The van der Waals surface area contributed by atoms with Gasteiger partial charge in [-0.3, -0.25) is 9.59 Å². The minimum Gasteiger partial charge on any atom is -0.462 e. The van der Waals surface area contributed by atoms with Crippen LogP contribution in [0.15, 0.2) is 109 Å². The standard InChI is InChI=1S/C61H98O15/c1-3-5-7-9-11-13-15-17-19-21-23-24-26-28-30-32-34-36-38-40-42-44-53(64)74-49(46-71-52(63)43-41-39-37-35-33-31-29-27-25-22-20-18-16-14-12-10-8-6-4-2)47-72-60-59(70)57(68)55(66)51(76-60)48-73-61-58(69)56(67)54(65)50(45-62)75-61/h6,8,12,14,18-21,24-27,30-33,36,38,49-51,54-62,65-70H,3-5,7,9-11,13,15-17,22-23,28-29,34-35,37,39-48H2,1-2H3/b8-6+,14-12+,20-18+,21-19+,26-24+,27-25+,32-30+,33-31+,38-36+/t49-,50+,51+,54-,55-,56?,57?,58?,59?,60+,61+/m1/s1. The highest BCUT2D eigenvalue weighted by Gasteiger charge is 2.47. The summed E-state index contributed by atoms with van der Waals surface area (Å²) in [6.45, 7) is 2.37. The molecule has 0 aromatic heterocycles. The number of unbranched alkanes of at least 4 members (excludes halogenated alkanes) is 11. The number of esters is 2. The van der Waals surface area contributed by atoms with Gasteiger partial charge in [0.1, 0.15) is 55.4 Å². The first kappa shape index (κ1) is 68.3. The maximum absolute atomic E-state index is 13.0. The first-order valence-corrected chi connectivity index (χ1v) is 28.5.